The quantitative estimate of drug-likeness (QED) is 0.768. The molecule has 0 bridgehead atoms. The van der Waals surface area contributed by atoms with Gasteiger partial charge in [-0.15, -0.1) is 0 Å². The van der Waals surface area contributed by atoms with Gasteiger partial charge in [0.2, 0.25) is 0 Å². The summed E-state index contributed by atoms with van der Waals surface area (Å²) in [5.74, 6) is 0.726. The van der Waals surface area contributed by atoms with Crippen LogP contribution in [0.1, 0.15) is 6.92 Å². The Morgan fingerprint density at radius 3 is 3.12 bits per heavy atom. The SMILES string of the molecule is CCO[C@H]1CN(c2ncccc2N)C[C@H]1O. The molecule has 0 aromatic carbocycles. The third-order valence-electron chi connectivity index (χ3n) is 2.73. The van der Waals surface area contributed by atoms with Crippen LogP contribution in [0.15, 0.2) is 18.3 Å². The summed E-state index contributed by atoms with van der Waals surface area (Å²) in [6.45, 7) is 3.68. The summed E-state index contributed by atoms with van der Waals surface area (Å²) in [7, 11) is 0. The predicted molar refractivity (Wildman–Crippen MR) is 62.3 cm³/mol. The number of aliphatic hydroxyl groups is 1. The van der Waals surface area contributed by atoms with E-state index in [2.05, 4.69) is 4.98 Å². The standard InChI is InChI=1S/C11H17N3O2/c1-2-16-10-7-14(6-9(10)15)11-8(12)4-3-5-13-11/h3-5,9-10,15H,2,6-7,12H2,1H3/t9-,10+/m1/s1. The number of hydrogen-bond donors (Lipinski definition) is 2. The van der Waals surface area contributed by atoms with Crippen molar-refractivity contribution < 1.29 is 9.84 Å². The summed E-state index contributed by atoms with van der Waals surface area (Å²) in [6.07, 6.45) is 1.08. The molecule has 1 aromatic rings. The molecule has 0 radical (unpaired) electrons. The minimum absolute atomic E-state index is 0.147. The molecule has 1 aromatic heterocycles. The van der Waals surface area contributed by atoms with E-state index in [1.807, 2.05) is 17.9 Å². The maximum Gasteiger partial charge on any atom is 0.151 e. The molecule has 2 heterocycles. The molecule has 0 saturated carbocycles. The molecular formula is C11H17N3O2. The van der Waals surface area contributed by atoms with Gasteiger partial charge in [0.25, 0.3) is 0 Å². The molecule has 3 N–H and O–H groups in total. The monoisotopic (exact) mass is 223 g/mol. The Bertz CT molecular complexity index is 359. The summed E-state index contributed by atoms with van der Waals surface area (Å²) in [5, 5.41) is 9.81. The van der Waals surface area contributed by atoms with Crippen molar-refractivity contribution >= 4 is 11.5 Å². The van der Waals surface area contributed by atoms with Crippen molar-refractivity contribution in [3.05, 3.63) is 18.3 Å². The molecule has 0 aliphatic carbocycles. The summed E-state index contributed by atoms with van der Waals surface area (Å²) >= 11 is 0. The molecule has 1 fully saturated rings. The number of anilines is 2. The smallest absolute Gasteiger partial charge is 0.151 e. The zero-order chi connectivity index (χ0) is 11.5. The van der Waals surface area contributed by atoms with Crippen LogP contribution >= 0.6 is 0 Å². The lowest BCUT2D eigenvalue weighted by Crippen LogP contribution is -2.26. The molecule has 2 rings (SSSR count). The molecule has 5 nitrogen and oxygen atoms in total. The second-order valence-corrected chi connectivity index (χ2v) is 3.88. The minimum atomic E-state index is -0.471. The Kier molecular flexibility index (Phi) is 3.26. The third-order valence-corrected chi connectivity index (χ3v) is 2.73. The van der Waals surface area contributed by atoms with Gasteiger partial charge >= 0.3 is 0 Å². The number of nitrogens with zero attached hydrogens (tertiary/aromatic N) is 2. The van der Waals surface area contributed by atoms with E-state index in [1.165, 1.54) is 0 Å². The van der Waals surface area contributed by atoms with Crippen LogP contribution in [0.4, 0.5) is 11.5 Å². The van der Waals surface area contributed by atoms with E-state index < -0.39 is 6.10 Å². The van der Waals surface area contributed by atoms with Crippen molar-refractivity contribution in [2.24, 2.45) is 0 Å². The minimum Gasteiger partial charge on any atom is -0.396 e. The van der Waals surface area contributed by atoms with Gasteiger partial charge in [-0.1, -0.05) is 0 Å². The van der Waals surface area contributed by atoms with E-state index in [-0.39, 0.29) is 6.10 Å². The molecule has 2 atom stereocenters. The van der Waals surface area contributed by atoms with E-state index in [4.69, 9.17) is 10.5 Å². The topological polar surface area (TPSA) is 71.6 Å². The summed E-state index contributed by atoms with van der Waals surface area (Å²) in [6, 6.07) is 3.61. The molecule has 0 unspecified atom stereocenters. The molecule has 16 heavy (non-hydrogen) atoms. The normalized spacial score (nSPS) is 25.0. The Labute approximate surface area is 94.8 Å². The average molecular weight is 223 g/mol. The van der Waals surface area contributed by atoms with Crippen LogP contribution in [0.5, 0.6) is 0 Å². The van der Waals surface area contributed by atoms with Crippen molar-refractivity contribution in [1.29, 1.82) is 0 Å². The Morgan fingerprint density at radius 1 is 1.62 bits per heavy atom. The zero-order valence-corrected chi connectivity index (χ0v) is 9.34. The van der Waals surface area contributed by atoms with Crippen LogP contribution in [0, 0.1) is 0 Å². The first-order valence-corrected chi connectivity index (χ1v) is 5.47. The highest BCUT2D eigenvalue weighted by Gasteiger charge is 2.33. The first kappa shape index (κ1) is 11.2. The Balaban J connectivity index is 2.11. The first-order chi connectivity index (χ1) is 7.72. The number of pyridine rings is 1. The van der Waals surface area contributed by atoms with Crippen LogP contribution in [0.2, 0.25) is 0 Å². The van der Waals surface area contributed by atoms with Crippen LogP contribution in [-0.2, 0) is 4.74 Å². The molecule has 0 amide bonds. The van der Waals surface area contributed by atoms with Crippen molar-refractivity contribution in [1.82, 2.24) is 4.98 Å². The highest BCUT2D eigenvalue weighted by molar-refractivity contribution is 5.62. The predicted octanol–water partition coefficient (Wildman–Crippen LogP) is 0.250. The van der Waals surface area contributed by atoms with E-state index in [0.717, 1.165) is 5.82 Å². The van der Waals surface area contributed by atoms with Crippen molar-refractivity contribution in [2.75, 3.05) is 30.3 Å². The summed E-state index contributed by atoms with van der Waals surface area (Å²) in [4.78, 5) is 6.18. The lowest BCUT2D eigenvalue weighted by atomic mass is 10.3. The number of ether oxygens (including phenoxy) is 1. The highest BCUT2D eigenvalue weighted by atomic mass is 16.5. The van der Waals surface area contributed by atoms with E-state index >= 15 is 0 Å². The zero-order valence-electron chi connectivity index (χ0n) is 9.34. The van der Waals surface area contributed by atoms with Crippen molar-refractivity contribution in [3.8, 4) is 0 Å². The van der Waals surface area contributed by atoms with Gasteiger partial charge in [-0.25, -0.2) is 4.98 Å². The van der Waals surface area contributed by atoms with Gasteiger partial charge < -0.3 is 20.5 Å². The van der Waals surface area contributed by atoms with Gasteiger partial charge in [0.1, 0.15) is 6.10 Å². The summed E-state index contributed by atoms with van der Waals surface area (Å²) in [5.41, 5.74) is 6.47. The molecule has 1 aliphatic heterocycles. The van der Waals surface area contributed by atoms with Gasteiger partial charge in [-0.3, -0.25) is 0 Å². The van der Waals surface area contributed by atoms with Crippen LogP contribution in [-0.4, -0.2) is 42.0 Å². The number of nitrogen functional groups attached to an aromatic ring is 1. The van der Waals surface area contributed by atoms with Crippen LogP contribution in [0.3, 0.4) is 0 Å². The van der Waals surface area contributed by atoms with Gasteiger partial charge in [0.15, 0.2) is 5.82 Å². The number of aromatic nitrogens is 1. The second-order valence-electron chi connectivity index (χ2n) is 3.88. The maximum atomic E-state index is 9.81. The lowest BCUT2D eigenvalue weighted by Gasteiger charge is -2.18. The molecule has 1 saturated heterocycles. The maximum absolute atomic E-state index is 9.81. The summed E-state index contributed by atoms with van der Waals surface area (Å²) < 4.78 is 5.45. The Morgan fingerprint density at radius 2 is 2.44 bits per heavy atom. The first-order valence-electron chi connectivity index (χ1n) is 5.47. The van der Waals surface area contributed by atoms with Gasteiger partial charge in [-0.2, -0.15) is 0 Å². The molecule has 0 spiro atoms. The van der Waals surface area contributed by atoms with Crippen LogP contribution < -0.4 is 10.6 Å². The third kappa shape index (κ3) is 2.10. The lowest BCUT2D eigenvalue weighted by molar-refractivity contribution is -0.00189. The van der Waals surface area contributed by atoms with Crippen LogP contribution in [0.25, 0.3) is 0 Å². The molecule has 5 heteroatoms. The number of hydrogen-bond acceptors (Lipinski definition) is 5. The van der Waals surface area contributed by atoms with E-state index in [9.17, 15) is 5.11 Å². The van der Waals surface area contributed by atoms with Gasteiger partial charge in [0.05, 0.1) is 11.8 Å². The fourth-order valence-corrected chi connectivity index (χ4v) is 1.98. The largest absolute Gasteiger partial charge is 0.396 e. The highest BCUT2D eigenvalue weighted by Crippen LogP contribution is 2.24. The fraction of sp³-hybridized carbons (Fsp3) is 0.545. The van der Waals surface area contributed by atoms with Gasteiger partial charge in [0, 0.05) is 25.9 Å². The van der Waals surface area contributed by atoms with E-state index in [1.54, 1.807) is 12.3 Å². The molecule has 88 valence electrons. The number of rotatable bonds is 3. The average Bonchev–Trinajstić information content (AvgIpc) is 2.61. The Hall–Kier alpha value is -1.33. The van der Waals surface area contributed by atoms with Crippen molar-refractivity contribution in [2.45, 2.75) is 19.1 Å². The van der Waals surface area contributed by atoms with E-state index in [0.29, 0.717) is 25.4 Å². The number of nitrogens with two attached hydrogens (primary N) is 1. The second kappa shape index (κ2) is 4.67. The van der Waals surface area contributed by atoms with Gasteiger partial charge in [-0.05, 0) is 19.1 Å². The fourth-order valence-electron chi connectivity index (χ4n) is 1.98. The molecular weight excluding hydrogens is 206 g/mol. The molecule has 1 aliphatic rings. The number of β-amino-alcohol motifs (C(OH)–C–C–N with tert-alkyl or cyclic N) is 1. The number of aliphatic hydroxyl groups excluding tert-OH is 1. The van der Waals surface area contributed by atoms with Crippen molar-refractivity contribution in [3.63, 3.8) is 0 Å².